The summed E-state index contributed by atoms with van der Waals surface area (Å²) in [5.74, 6) is 0.835. The molecule has 54 heavy (non-hydrogen) atoms. The van der Waals surface area contributed by atoms with Crippen LogP contribution in [0.25, 0.3) is 0 Å². The molecule has 12 heteroatoms. The zero-order chi connectivity index (χ0) is 39.2. The van der Waals surface area contributed by atoms with Crippen LogP contribution >= 0.6 is 0 Å². The molecule has 3 saturated heterocycles. The van der Waals surface area contributed by atoms with Crippen molar-refractivity contribution >= 4 is 0 Å². The molecule has 5 aliphatic carbocycles. The zero-order valence-electron chi connectivity index (χ0n) is 33.6. The third-order valence-electron chi connectivity index (χ3n) is 17.8. The van der Waals surface area contributed by atoms with Crippen LogP contribution in [0.4, 0.5) is 0 Å². The Kier molecular flexibility index (Phi) is 9.55. The zero-order valence-corrected chi connectivity index (χ0v) is 33.6. The molecular formula is C42H68O12. The molecule has 0 unspecified atom stereocenters. The summed E-state index contributed by atoms with van der Waals surface area (Å²) in [6.45, 7) is 18.3. The molecule has 3 aliphatic heterocycles. The first-order valence-electron chi connectivity index (χ1n) is 20.8. The van der Waals surface area contributed by atoms with Crippen molar-refractivity contribution in [3.8, 4) is 0 Å². The first kappa shape index (κ1) is 40.1. The van der Waals surface area contributed by atoms with Crippen LogP contribution in [0.1, 0.15) is 107 Å². The molecule has 7 N–H and O–H groups in total. The maximum Gasteiger partial charge on any atom is 0.187 e. The average Bonchev–Trinajstić information content (AvgIpc) is 3.38. The van der Waals surface area contributed by atoms with E-state index in [0.29, 0.717) is 12.5 Å². The average molecular weight is 765 g/mol. The van der Waals surface area contributed by atoms with Gasteiger partial charge in [0.05, 0.1) is 37.1 Å². The molecule has 12 nitrogen and oxygen atoms in total. The van der Waals surface area contributed by atoms with Gasteiger partial charge >= 0.3 is 0 Å². The van der Waals surface area contributed by atoms with Crippen LogP contribution in [0.5, 0.6) is 0 Å². The molecule has 0 aromatic carbocycles. The normalized spacial score (nSPS) is 58.8. The van der Waals surface area contributed by atoms with Gasteiger partial charge in [-0.2, -0.15) is 0 Å². The highest BCUT2D eigenvalue weighted by Crippen LogP contribution is 2.79. The smallest absolute Gasteiger partial charge is 0.187 e. The third-order valence-corrected chi connectivity index (χ3v) is 17.8. The molecule has 0 radical (unpaired) electrons. The summed E-state index contributed by atoms with van der Waals surface area (Å²) in [6, 6.07) is 0. The van der Waals surface area contributed by atoms with E-state index in [1.807, 2.05) is 0 Å². The van der Waals surface area contributed by atoms with E-state index in [0.717, 1.165) is 51.4 Å². The minimum Gasteiger partial charge on any atom is -0.394 e. The minimum atomic E-state index is -1.69. The summed E-state index contributed by atoms with van der Waals surface area (Å²) >= 11 is 0. The maximum atomic E-state index is 12.1. The molecular weight excluding hydrogens is 696 g/mol. The van der Waals surface area contributed by atoms with Gasteiger partial charge < -0.3 is 59.4 Å². The highest BCUT2D eigenvalue weighted by atomic mass is 16.7. The molecule has 0 aromatic rings. The highest BCUT2D eigenvalue weighted by Gasteiger charge is 2.79. The standard InChI is InChI=1S/C42H68O12/c1-21-28(45)33(54-34-31(48)30(47)29(46)22(19-43)52-34)32(49)35(51-21)53-27-11-12-38(6)23(37(27,4)5)9-13-39(7)24(38)10-14-42-25-17-36(2,3)15-16-41(25,20-50-42)26(44)18-40(39,42)8/h10,14,21-35,43-49H,9,11-13,15-20H2,1-8H3/t21-,22-,23+,24+,25-,26-,27+,28+,29-,30+,31-,32+,33-,34+,35+,38-,39+,40+,41+,42-/m0/s1. The number of hydrogen-bond acceptors (Lipinski definition) is 12. The molecule has 3 heterocycles. The Bertz CT molecular complexity index is 1470. The van der Waals surface area contributed by atoms with Gasteiger partial charge in [0.2, 0.25) is 0 Å². The molecule has 0 amide bonds. The molecule has 7 fully saturated rings. The number of rotatable bonds is 5. The summed E-state index contributed by atoms with van der Waals surface area (Å²) in [4.78, 5) is 0. The van der Waals surface area contributed by atoms with Crippen molar-refractivity contribution in [3.63, 3.8) is 0 Å². The second-order valence-electron chi connectivity index (χ2n) is 21.1. The fourth-order valence-corrected chi connectivity index (χ4v) is 14.3. The second-order valence-corrected chi connectivity index (χ2v) is 21.1. The maximum absolute atomic E-state index is 12.1. The van der Waals surface area contributed by atoms with Crippen LogP contribution in [0.3, 0.4) is 0 Å². The van der Waals surface area contributed by atoms with Crippen molar-refractivity contribution in [1.82, 2.24) is 0 Å². The number of hydrogen-bond donors (Lipinski definition) is 7. The summed E-state index contributed by atoms with van der Waals surface area (Å²) in [6.07, 6.45) is -1.83. The fraction of sp³-hybridized carbons (Fsp3) is 0.952. The molecule has 308 valence electrons. The number of ether oxygens (including phenoxy) is 5. The van der Waals surface area contributed by atoms with Crippen LogP contribution in [-0.2, 0) is 23.7 Å². The summed E-state index contributed by atoms with van der Waals surface area (Å²) in [7, 11) is 0. The number of allylic oxidation sites excluding steroid dienone is 1. The molecule has 4 saturated carbocycles. The van der Waals surface area contributed by atoms with E-state index in [2.05, 4.69) is 60.6 Å². The number of aliphatic hydroxyl groups is 7. The van der Waals surface area contributed by atoms with Crippen molar-refractivity contribution in [2.24, 2.45) is 50.2 Å². The van der Waals surface area contributed by atoms with Gasteiger partial charge in [0.15, 0.2) is 12.6 Å². The minimum absolute atomic E-state index is 0.0638. The van der Waals surface area contributed by atoms with Gasteiger partial charge in [-0.3, -0.25) is 0 Å². The van der Waals surface area contributed by atoms with Gasteiger partial charge in [-0.1, -0.05) is 60.6 Å². The van der Waals surface area contributed by atoms with Crippen molar-refractivity contribution in [2.75, 3.05) is 13.2 Å². The molecule has 20 atom stereocenters. The topological polar surface area (TPSA) is 188 Å². The van der Waals surface area contributed by atoms with E-state index < -0.39 is 73.6 Å². The predicted octanol–water partition coefficient (Wildman–Crippen LogP) is 2.80. The lowest BCUT2D eigenvalue weighted by molar-refractivity contribution is -0.366. The van der Waals surface area contributed by atoms with E-state index >= 15 is 0 Å². The Labute approximate surface area is 320 Å². The molecule has 1 spiro atoms. The highest BCUT2D eigenvalue weighted by molar-refractivity contribution is 5.36. The van der Waals surface area contributed by atoms with Gasteiger partial charge in [-0.15, -0.1) is 0 Å². The summed E-state index contributed by atoms with van der Waals surface area (Å²) in [5, 5.41) is 75.6. The lowest BCUT2D eigenvalue weighted by atomic mass is 9.32. The van der Waals surface area contributed by atoms with E-state index in [1.165, 1.54) is 0 Å². The monoisotopic (exact) mass is 764 g/mol. The number of aliphatic hydroxyl groups excluding tert-OH is 7. The van der Waals surface area contributed by atoms with Gasteiger partial charge in [0.25, 0.3) is 0 Å². The Morgan fingerprint density at radius 3 is 2.13 bits per heavy atom. The van der Waals surface area contributed by atoms with Crippen molar-refractivity contribution < 1.29 is 59.4 Å². The van der Waals surface area contributed by atoms with E-state index in [-0.39, 0.29) is 56.5 Å². The van der Waals surface area contributed by atoms with Crippen molar-refractivity contribution in [3.05, 3.63) is 12.2 Å². The lowest BCUT2D eigenvalue weighted by Crippen LogP contribution is -2.72. The first-order valence-corrected chi connectivity index (χ1v) is 20.8. The summed E-state index contributed by atoms with van der Waals surface area (Å²) in [5.41, 5.74) is -1.08. The Morgan fingerprint density at radius 1 is 0.722 bits per heavy atom. The molecule has 8 rings (SSSR count). The predicted molar refractivity (Wildman–Crippen MR) is 195 cm³/mol. The van der Waals surface area contributed by atoms with Gasteiger partial charge in [-0.25, -0.2) is 0 Å². The second kappa shape index (κ2) is 12.9. The van der Waals surface area contributed by atoms with Gasteiger partial charge in [0.1, 0.15) is 42.7 Å². The molecule has 0 aromatic heterocycles. The van der Waals surface area contributed by atoms with Crippen LogP contribution in [-0.4, -0.2) is 128 Å². The van der Waals surface area contributed by atoms with Crippen molar-refractivity contribution in [2.45, 2.75) is 186 Å². The fourth-order valence-electron chi connectivity index (χ4n) is 14.3. The van der Waals surface area contributed by atoms with Crippen LogP contribution in [0.2, 0.25) is 0 Å². The first-order chi connectivity index (χ1) is 25.1. The SMILES string of the molecule is C[C@@H]1O[C@H](O[C@@H]2CC[C@@]3(C)[C@H](CC[C@]4(C)[C@@H]3C=C[C@]35OC[C@@]6(CCC(C)(C)C[C@@H]63)[C@@H](O)C[C@@]54C)C2(C)C)[C@H](O)[C@@H](O[C@H]2O[C@@H](CO)[C@H](O)[C@@H](O)[C@@H]2O)[C@@H]1O. The Hall–Kier alpha value is -0.740. The largest absolute Gasteiger partial charge is 0.394 e. The lowest BCUT2D eigenvalue weighted by Gasteiger charge is -2.73. The summed E-state index contributed by atoms with van der Waals surface area (Å²) < 4.78 is 31.4. The van der Waals surface area contributed by atoms with E-state index in [9.17, 15) is 35.7 Å². The van der Waals surface area contributed by atoms with Crippen LogP contribution in [0.15, 0.2) is 12.2 Å². The van der Waals surface area contributed by atoms with E-state index in [1.54, 1.807) is 6.92 Å². The van der Waals surface area contributed by atoms with Crippen molar-refractivity contribution in [1.29, 1.82) is 0 Å². The van der Waals surface area contributed by atoms with Crippen LogP contribution < -0.4 is 0 Å². The molecule has 8 aliphatic rings. The van der Waals surface area contributed by atoms with E-state index in [4.69, 9.17) is 23.7 Å². The third kappa shape index (κ3) is 5.24. The quantitative estimate of drug-likeness (QED) is 0.161. The Morgan fingerprint density at radius 2 is 1.43 bits per heavy atom. The van der Waals surface area contributed by atoms with Crippen LogP contribution in [0, 0.1) is 50.2 Å². The van der Waals surface area contributed by atoms with Gasteiger partial charge in [-0.05, 0) is 91.8 Å². The Balaban J connectivity index is 1.03. The molecule has 2 bridgehead atoms. The van der Waals surface area contributed by atoms with Gasteiger partial charge in [0, 0.05) is 16.7 Å². The number of fused-ring (bicyclic) bond motifs is 4.